The number of ketones is 1. The highest BCUT2D eigenvalue weighted by molar-refractivity contribution is 7.90. The van der Waals surface area contributed by atoms with Crippen molar-refractivity contribution in [2.45, 2.75) is 89.1 Å². The van der Waals surface area contributed by atoms with Gasteiger partial charge < -0.3 is 9.84 Å². The second-order valence-corrected chi connectivity index (χ2v) is 11.5. The van der Waals surface area contributed by atoms with Gasteiger partial charge >= 0.3 is 0 Å². The highest BCUT2D eigenvalue weighted by Gasteiger charge is 2.35. The Labute approximate surface area is 211 Å². The van der Waals surface area contributed by atoms with Crippen LogP contribution in [0.1, 0.15) is 87.8 Å². The number of nitrogens with zero attached hydrogens (tertiary/aromatic N) is 3. The molecule has 2 atom stereocenters. The summed E-state index contributed by atoms with van der Waals surface area (Å²) in [4.78, 5) is 35.2. The molecule has 36 heavy (non-hydrogen) atoms. The minimum atomic E-state index is -3.74. The number of aryl methyl sites for hydroxylation is 1. The van der Waals surface area contributed by atoms with Crippen LogP contribution in [0, 0.1) is 5.41 Å². The number of sulfonamides is 1. The largest absolute Gasteiger partial charge is 0.344 e. The number of carbonyl (C=O) groups excluding carboxylic acids is 2. The molecule has 1 aliphatic heterocycles. The molecule has 0 bridgehead atoms. The van der Waals surface area contributed by atoms with Gasteiger partial charge in [0.05, 0.1) is 10.9 Å². The van der Waals surface area contributed by atoms with E-state index in [1.165, 1.54) is 6.07 Å². The van der Waals surface area contributed by atoms with Crippen molar-refractivity contribution in [3.63, 3.8) is 0 Å². The first-order valence-electron chi connectivity index (χ1n) is 12.5. The van der Waals surface area contributed by atoms with Crippen LogP contribution in [-0.2, 0) is 21.2 Å². The highest BCUT2D eigenvalue weighted by Crippen LogP contribution is 2.41. The van der Waals surface area contributed by atoms with E-state index in [4.69, 9.17) is 4.52 Å². The third-order valence-electron chi connectivity index (χ3n) is 7.11. The van der Waals surface area contributed by atoms with Gasteiger partial charge in [0.25, 0.3) is 10.0 Å². The molecule has 1 saturated carbocycles. The van der Waals surface area contributed by atoms with Crippen molar-refractivity contribution in [3.8, 4) is 0 Å². The van der Waals surface area contributed by atoms with Gasteiger partial charge in [-0.25, -0.2) is 8.42 Å². The van der Waals surface area contributed by atoms with Crippen molar-refractivity contribution in [3.05, 3.63) is 41.5 Å². The fraction of sp³-hybridized carbons (Fsp3) is 0.560. The maximum absolute atomic E-state index is 13.5. The molecule has 1 aromatic heterocycles. The lowest BCUT2D eigenvalue weighted by molar-refractivity contribution is -0.123. The minimum absolute atomic E-state index is 0.0715. The summed E-state index contributed by atoms with van der Waals surface area (Å²) < 4.78 is 32.7. The molecule has 4 rings (SSSR count). The molecule has 10 nitrogen and oxygen atoms in total. The standard InChI is InChI=1S/C25H33N5O5S/c1-4-17(21(31)23-28-20(5-2)35-29-23)27-24(32)18(12-15-25(3)13-8-9-14-25)26-22-16-10-6-7-11-19(16)36(33,34)30-22/h6-7,10-11,17-18H,4-5,8-9,12-15H2,1-3H3,(H,26,30)(H,27,32)/t17-,18-/m0/s1. The number of hydrogen-bond donors (Lipinski definition) is 2. The molecule has 194 valence electrons. The zero-order chi connectivity index (χ0) is 25.9. The van der Waals surface area contributed by atoms with Gasteiger partial charge in [-0.2, -0.15) is 4.98 Å². The quantitative estimate of drug-likeness (QED) is 0.463. The van der Waals surface area contributed by atoms with Gasteiger partial charge in [-0.1, -0.05) is 50.9 Å². The molecule has 2 aliphatic rings. The lowest BCUT2D eigenvalue weighted by atomic mass is 9.82. The molecule has 0 radical (unpaired) electrons. The van der Waals surface area contributed by atoms with E-state index in [9.17, 15) is 18.0 Å². The normalized spacial score (nSPS) is 20.5. The lowest BCUT2D eigenvalue weighted by Crippen LogP contribution is -2.45. The number of amidine groups is 1. The first-order chi connectivity index (χ1) is 17.2. The number of nitrogens with one attached hydrogen (secondary N) is 2. The predicted molar refractivity (Wildman–Crippen MR) is 133 cm³/mol. The van der Waals surface area contributed by atoms with Crippen molar-refractivity contribution in [1.82, 2.24) is 20.2 Å². The fourth-order valence-electron chi connectivity index (χ4n) is 4.88. The molecule has 1 aromatic carbocycles. The Balaban J connectivity index is 1.58. The summed E-state index contributed by atoms with van der Waals surface area (Å²) in [6.07, 6.45) is 6.52. The molecule has 0 saturated heterocycles. The van der Waals surface area contributed by atoms with Crippen LogP contribution < -0.4 is 10.0 Å². The molecular weight excluding hydrogens is 482 g/mol. The topological polar surface area (TPSA) is 144 Å². The number of carbonyl (C=O) groups is 2. The highest BCUT2D eigenvalue weighted by atomic mass is 32.2. The fourth-order valence-corrected chi connectivity index (χ4v) is 6.12. The van der Waals surface area contributed by atoms with E-state index in [0.29, 0.717) is 30.7 Å². The Hall–Kier alpha value is -3.08. The van der Waals surface area contributed by atoms with Gasteiger partial charge in [-0.15, -0.1) is 0 Å². The van der Waals surface area contributed by atoms with Gasteiger partial charge in [0.15, 0.2) is 0 Å². The predicted octanol–water partition coefficient (Wildman–Crippen LogP) is 3.18. The van der Waals surface area contributed by atoms with Gasteiger partial charge in [-0.05, 0) is 49.7 Å². The van der Waals surface area contributed by atoms with E-state index in [1.54, 1.807) is 25.1 Å². The van der Waals surface area contributed by atoms with Crippen LogP contribution in [0.15, 0.2) is 38.7 Å². The number of aromatic nitrogens is 2. The van der Waals surface area contributed by atoms with Crippen LogP contribution in [0.5, 0.6) is 0 Å². The second kappa shape index (κ2) is 10.5. The van der Waals surface area contributed by atoms with Crippen molar-refractivity contribution in [2.75, 3.05) is 0 Å². The van der Waals surface area contributed by atoms with Gasteiger partial charge in [0, 0.05) is 12.0 Å². The minimum Gasteiger partial charge on any atom is -0.344 e. The summed E-state index contributed by atoms with van der Waals surface area (Å²) in [5.41, 5.74) is 0.553. The Morgan fingerprint density at radius 3 is 2.61 bits per heavy atom. The molecule has 2 aromatic rings. The van der Waals surface area contributed by atoms with E-state index < -0.39 is 33.8 Å². The van der Waals surface area contributed by atoms with Gasteiger partial charge in [0.2, 0.25) is 23.4 Å². The lowest BCUT2D eigenvalue weighted by Gasteiger charge is -2.26. The number of amides is 1. The average Bonchev–Trinajstić information content (AvgIpc) is 3.58. The van der Waals surface area contributed by atoms with E-state index in [0.717, 1.165) is 32.1 Å². The van der Waals surface area contributed by atoms with Crippen LogP contribution in [-0.4, -0.2) is 48.2 Å². The smallest absolute Gasteiger partial charge is 0.263 e. The first-order valence-corrected chi connectivity index (χ1v) is 14.0. The third kappa shape index (κ3) is 5.50. The molecule has 11 heteroatoms. The molecule has 2 N–H and O–H groups in total. The molecule has 0 spiro atoms. The second-order valence-electron chi connectivity index (χ2n) is 9.85. The Morgan fingerprint density at radius 1 is 1.22 bits per heavy atom. The Morgan fingerprint density at radius 2 is 1.94 bits per heavy atom. The number of rotatable bonds is 10. The molecule has 1 amide bonds. The van der Waals surface area contributed by atoms with Crippen LogP contribution >= 0.6 is 0 Å². The van der Waals surface area contributed by atoms with Gasteiger partial charge in [-0.3, -0.25) is 19.3 Å². The molecule has 0 unspecified atom stereocenters. The zero-order valence-electron chi connectivity index (χ0n) is 20.9. The number of Topliss-reactive ketones (excluding diaryl/α,β-unsaturated/α-hetero) is 1. The molecule has 2 heterocycles. The van der Waals surface area contributed by atoms with Crippen LogP contribution in [0.3, 0.4) is 0 Å². The first kappa shape index (κ1) is 26.0. The Kier molecular flexibility index (Phi) is 7.58. The summed E-state index contributed by atoms with van der Waals surface area (Å²) in [5, 5.41) is 6.54. The van der Waals surface area contributed by atoms with Crippen molar-refractivity contribution >= 4 is 27.5 Å². The molecular formula is C25H33N5O5S. The molecule has 1 fully saturated rings. The summed E-state index contributed by atoms with van der Waals surface area (Å²) in [7, 11) is -3.74. The molecule has 1 aliphatic carbocycles. The van der Waals surface area contributed by atoms with Crippen molar-refractivity contribution < 1.29 is 22.5 Å². The monoisotopic (exact) mass is 515 g/mol. The average molecular weight is 516 g/mol. The number of fused-ring (bicyclic) bond motifs is 1. The summed E-state index contributed by atoms with van der Waals surface area (Å²) in [5.74, 6) is -0.450. The Bertz CT molecular complexity index is 1260. The van der Waals surface area contributed by atoms with Crippen LogP contribution in [0.25, 0.3) is 0 Å². The van der Waals surface area contributed by atoms with E-state index in [-0.39, 0.29) is 22.0 Å². The SMILES string of the molecule is CCc1nc(C(=O)[C@H](CC)NC(=O)[C@H](CCC2(C)CCCC2)N=C2NS(=O)(=O)c3ccccc32)no1. The summed E-state index contributed by atoms with van der Waals surface area (Å²) in [6.45, 7) is 5.84. The number of benzene rings is 1. The van der Waals surface area contributed by atoms with Crippen molar-refractivity contribution in [1.29, 1.82) is 0 Å². The maximum atomic E-state index is 13.5. The third-order valence-corrected chi connectivity index (χ3v) is 8.51. The van der Waals surface area contributed by atoms with E-state index >= 15 is 0 Å². The van der Waals surface area contributed by atoms with E-state index in [1.807, 2.05) is 6.92 Å². The number of aliphatic imine (C=N–C) groups is 1. The van der Waals surface area contributed by atoms with E-state index in [2.05, 4.69) is 32.1 Å². The summed E-state index contributed by atoms with van der Waals surface area (Å²) in [6, 6.07) is 4.83. The van der Waals surface area contributed by atoms with Crippen molar-refractivity contribution in [2.24, 2.45) is 10.4 Å². The van der Waals surface area contributed by atoms with Gasteiger partial charge in [0.1, 0.15) is 11.9 Å². The zero-order valence-corrected chi connectivity index (χ0v) is 21.7. The van der Waals surface area contributed by atoms with Crippen LogP contribution in [0.2, 0.25) is 0 Å². The summed E-state index contributed by atoms with van der Waals surface area (Å²) >= 11 is 0. The van der Waals surface area contributed by atoms with Crippen LogP contribution in [0.4, 0.5) is 0 Å². The maximum Gasteiger partial charge on any atom is 0.263 e. The number of hydrogen-bond acceptors (Lipinski definition) is 8.